The third kappa shape index (κ3) is 4.18. The number of hydrazone groups is 2. The van der Waals surface area contributed by atoms with Crippen LogP contribution in [0.3, 0.4) is 0 Å². The van der Waals surface area contributed by atoms with Crippen molar-refractivity contribution < 1.29 is 19.8 Å². The van der Waals surface area contributed by atoms with Gasteiger partial charge in [0, 0.05) is 18.5 Å². The molecule has 2 aromatic carbocycles. The number of hydrogen-bond donors (Lipinski definition) is 3. The molecule has 3 N–H and O–H groups in total. The normalized spacial score (nSPS) is 16.4. The molecular weight excluding hydrogens is 396 g/mol. The summed E-state index contributed by atoms with van der Waals surface area (Å²) in [4.78, 5) is 23.2. The van der Waals surface area contributed by atoms with Gasteiger partial charge in [-0.1, -0.05) is 42.5 Å². The zero-order valence-electron chi connectivity index (χ0n) is 17.0. The molecule has 0 bridgehead atoms. The Balaban J connectivity index is 1.49. The molecule has 0 saturated heterocycles. The zero-order chi connectivity index (χ0) is 22.0. The Hall–Kier alpha value is -3.94. The second-order valence-electron chi connectivity index (χ2n) is 7.43. The van der Waals surface area contributed by atoms with E-state index >= 15 is 0 Å². The van der Waals surface area contributed by atoms with Crippen molar-refractivity contribution in [3.05, 3.63) is 59.2 Å². The third-order valence-corrected chi connectivity index (χ3v) is 5.25. The lowest BCUT2D eigenvalue weighted by atomic mass is 10.0. The van der Waals surface area contributed by atoms with Crippen LogP contribution in [0.25, 0.3) is 11.6 Å². The number of para-hydroxylation sites is 1. The molecule has 0 unspecified atom stereocenters. The number of aromatic hydroxyl groups is 1. The number of benzene rings is 2. The van der Waals surface area contributed by atoms with Crippen LogP contribution in [-0.4, -0.2) is 45.1 Å². The number of carbonyl (C=O) groups excluding carboxylic acids is 1. The number of allylic oxidation sites excluding steroid dienone is 1. The molecule has 0 radical (unpaired) electrons. The molecule has 2 aliphatic rings. The molecule has 158 valence electrons. The highest BCUT2D eigenvalue weighted by Crippen LogP contribution is 2.38. The predicted octanol–water partition coefficient (Wildman–Crippen LogP) is 3.34. The highest BCUT2D eigenvalue weighted by atomic mass is 16.4. The van der Waals surface area contributed by atoms with Gasteiger partial charge in [0.05, 0.1) is 11.4 Å². The van der Waals surface area contributed by atoms with E-state index in [0.717, 1.165) is 17.6 Å². The molecule has 8 heteroatoms. The van der Waals surface area contributed by atoms with Gasteiger partial charge in [0.2, 0.25) is 0 Å². The predicted molar refractivity (Wildman–Crippen MR) is 119 cm³/mol. The van der Waals surface area contributed by atoms with Gasteiger partial charge >= 0.3 is 5.97 Å². The van der Waals surface area contributed by atoms with Gasteiger partial charge in [-0.25, -0.2) is 5.01 Å². The molecule has 4 rings (SSSR count). The Bertz CT molecular complexity index is 1150. The van der Waals surface area contributed by atoms with E-state index in [1.54, 1.807) is 13.0 Å². The number of hydrogen-bond acceptors (Lipinski definition) is 6. The minimum absolute atomic E-state index is 0.0382. The summed E-state index contributed by atoms with van der Waals surface area (Å²) in [6.45, 7) is 1.86. The van der Waals surface area contributed by atoms with Crippen LogP contribution < -0.4 is 5.43 Å². The first-order valence-electron chi connectivity index (χ1n) is 9.98. The molecule has 8 nitrogen and oxygen atoms in total. The molecular formula is C23H22N4O4. The van der Waals surface area contributed by atoms with E-state index < -0.39 is 11.9 Å². The first-order chi connectivity index (χ1) is 14.9. The molecule has 0 fully saturated rings. The van der Waals surface area contributed by atoms with Gasteiger partial charge in [-0.3, -0.25) is 15.0 Å². The van der Waals surface area contributed by atoms with Crippen molar-refractivity contribution in [2.24, 2.45) is 10.2 Å². The van der Waals surface area contributed by atoms with Crippen LogP contribution in [0.15, 0.2) is 52.7 Å². The highest BCUT2D eigenvalue weighted by Gasteiger charge is 2.29. The Kier molecular flexibility index (Phi) is 5.53. The summed E-state index contributed by atoms with van der Waals surface area (Å²) >= 11 is 0. The molecule has 1 amide bonds. The lowest BCUT2D eigenvalue weighted by molar-refractivity contribution is -0.137. The van der Waals surface area contributed by atoms with E-state index in [1.165, 1.54) is 10.6 Å². The molecule has 2 aromatic rings. The number of aliphatic carboxylic acids is 1. The summed E-state index contributed by atoms with van der Waals surface area (Å²) in [6.07, 6.45) is 3.06. The fourth-order valence-electron chi connectivity index (χ4n) is 3.67. The molecule has 0 atom stereocenters. The van der Waals surface area contributed by atoms with Gasteiger partial charge < -0.3 is 10.2 Å². The molecule has 0 aromatic heterocycles. The van der Waals surface area contributed by atoms with Gasteiger partial charge in [-0.15, -0.1) is 0 Å². The standard InChI is InChI=1S/C23H22N4O4/c1-14-21(23(31)27(26-14)11-5-10-20(28)29)25-24-19-9-4-8-18(22(19)30)17-12-15-6-2-3-7-16(15)13-17/h2-4,6-9,12,24,30H,5,10-11,13H2,1H3,(H,28,29)/b25-21-. The molecule has 31 heavy (non-hydrogen) atoms. The number of anilines is 1. The number of phenolic OH excluding ortho intramolecular Hbond substituents is 1. The SMILES string of the molecule is CC1=NN(CCCC(=O)O)C(=O)/C1=N\Nc1cccc(C2=Cc3ccccc3C2)c1O. The quantitative estimate of drug-likeness (QED) is 0.471. The molecule has 0 saturated carbocycles. The topological polar surface area (TPSA) is 115 Å². The van der Waals surface area contributed by atoms with E-state index in [0.29, 0.717) is 23.4 Å². The van der Waals surface area contributed by atoms with E-state index in [9.17, 15) is 14.7 Å². The number of carbonyl (C=O) groups is 2. The maximum atomic E-state index is 12.5. The van der Waals surface area contributed by atoms with Crippen LogP contribution in [0.4, 0.5) is 5.69 Å². The number of carboxylic acid groups (broad SMARTS) is 1. The largest absolute Gasteiger partial charge is 0.505 e. The van der Waals surface area contributed by atoms with Crippen molar-refractivity contribution in [2.45, 2.75) is 26.2 Å². The number of amides is 1. The fourth-order valence-corrected chi connectivity index (χ4v) is 3.67. The first kappa shape index (κ1) is 20.3. The molecule has 0 spiro atoms. The zero-order valence-corrected chi connectivity index (χ0v) is 17.0. The maximum Gasteiger partial charge on any atom is 0.303 e. The second-order valence-corrected chi connectivity index (χ2v) is 7.43. The Labute approximate surface area is 179 Å². The van der Waals surface area contributed by atoms with Gasteiger partial charge in [0.25, 0.3) is 5.91 Å². The van der Waals surface area contributed by atoms with E-state index in [4.69, 9.17) is 5.11 Å². The van der Waals surface area contributed by atoms with Crippen molar-refractivity contribution in [3.8, 4) is 5.75 Å². The number of carboxylic acids is 1. The Morgan fingerprint density at radius 2 is 2.03 bits per heavy atom. The molecule has 1 aliphatic carbocycles. The van der Waals surface area contributed by atoms with Crippen LogP contribution in [-0.2, 0) is 16.0 Å². The summed E-state index contributed by atoms with van der Waals surface area (Å²) < 4.78 is 0. The summed E-state index contributed by atoms with van der Waals surface area (Å²) in [7, 11) is 0. The van der Waals surface area contributed by atoms with Crippen molar-refractivity contribution in [1.82, 2.24) is 5.01 Å². The number of nitrogens with zero attached hydrogens (tertiary/aromatic N) is 3. The van der Waals surface area contributed by atoms with E-state index in [1.807, 2.05) is 30.3 Å². The van der Waals surface area contributed by atoms with Crippen molar-refractivity contribution in [3.63, 3.8) is 0 Å². The minimum Gasteiger partial charge on any atom is -0.505 e. The van der Waals surface area contributed by atoms with Crippen LogP contribution >= 0.6 is 0 Å². The summed E-state index contributed by atoms with van der Waals surface area (Å²) in [6, 6.07) is 13.4. The van der Waals surface area contributed by atoms with Crippen molar-refractivity contribution in [2.75, 3.05) is 12.0 Å². The maximum absolute atomic E-state index is 12.5. The lowest BCUT2D eigenvalue weighted by Crippen LogP contribution is -2.29. The van der Waals surface area contributed by atoms with Gasteiger partial charge in [0.1, 0.15) is 5.75 Å². The number of fused-ring (bicyclic) bond motifs is 1. The number of phenols is 1. The van der Waals surface area contributed by atoms with Crippen LogP contribution in [0.2, 0.25) is 0 Å². The van der Waals surface area contributed by atoms with Gasteiger partial charge in [-0.2, -0.15) is 10.2 Å². The average molecular weight is 418 g/mol. The van der Waals surface area contributed by atoms with Crippen LogP contribution in [0, 0.1) is 0 Å². The third-order valence-electron chi connectivity index (χ3n) is 5.25. The summed E-state index contributed by atoms with van der Waals surface area (Å²) in [5, 5.41) is 29.1. The average Bonchev–Trinajstić information content (AvgIpc) is 3.28. The van der Waals surface area contributed by atoms with Crippen LogP contribution in [0.1, 0.15) is 36.5 Å². The molecule has 1 aliphatic heterocycles. The lowest BCUT2D eigenvalue weighted by Gasteiger charge is -2.11. The number of nitrogens with one attached hydrogen (secondary N) is 1. The van der Waals surface area contributed by atoms with Crippen LogP contribution in [0.5, 0.6) is 5.75 Å². The van der Waals surface area contributed by atoms with E-state index in [2.05, 4.69) is 27.8 Å². The summed E-state index contributed by atoms with van der Waals surface area (Å²) in [5.74, 6) is -1.26. The Morgan fingerprint density at radius 3 is 2.81 bits per heavy atom. The summed E-state index contributed by atoms with van der Waals surface area (Å²) in [5.41, 5.74) is 7.79. The van der Waals surface area contributed by atoms with Crippen molar-refractivity contribution >= 4 is 40.6 Å². The van der Waals surface area contributed by atoms with Crippen molar-refractivity contribution in [1.29, 1.82) is 0 Å². The monoisotopic (exact) mass is 418 g/mol. The highest BCUT2D eigenvalue weighted by molar-refractivity contribution is 6.68. The van der Waals surface area contributed by atoms with Gasteiger partial charge in [0.15, 0.2) is 5.71 Å². The molecule has 1 heterocycles. The van der Waals surface area contributed by atoms with Gasteiger partial charge in [-0.05, 0) is 42.5 Å². The van der Waals surface area contributed by atoms with E-state index in [-0.39, 0.29) is 24.4 Å². The fraction of sp³-hybridized carbons (Fsp3) is 0.217. The minimum atomic E-state index is -0.918. The first-order valence-corrected chi connectivity index (χ1v) is 9.98. The smallest absolute Gasteiger partial charge is 0.303 e. The Morgan fingerprint density at radius 1 is 1.23 bits per heavy atom. The second kappa shape index (κ2) is 8.43. The number of rotatable bonds is 7.